The highest BCUT2D eigenvalue weighted by atomic mass is 16.5. The van der Waals surface area contributed by atoms with E-state index in [4.69, 9.17) is 10.5 Å². The van der Waals surface area contributed by atoms with Crippen LogP contribution in [0.2, 0.25) is 0 Å². The molecule has 0 unspecified atom stereocenters. The van der Waals surface area contributed by atoms with E-state index in [0.29, 0.717) is 18.0 Å². The molecule has 0 spiro atoms. The number of hydrogen-bond acceptors (Lipinski definition) is 4. The molecule has 0 aliphatic heterocycles. The van der Waals surface area contributed by atoms with Crippen molar-refractivity contribution < 1.29 is 4.74 Å². The van der Waals surface area contributed by atoms with Crippen molar-refractivity contribution in [2.45, 2.75) is 19.3 Å². The number of methoxy groups -OCH3 is 1. The molecule has 0 bridgehead atoms. The van der Waals surface area contributed by atoms with Gasteiger partial charge in [-0.1, -0.05) is 6.07 Å². The molecule has 0 aliphatic carbocycles. The number of nitrogens with two attached hydrogens (primary N) is 1. The van der Waals surface area contributed by atoms with E-state index in [9.17, 15) is 5.26 Å². The van der Waals surface area contributed by atoms with Crippen LogP contribution in [0.1, 0.15) is 24.0 Å². The summed E-state index contributed by atoms with van der Waals surface area (Å²) < 4.78 is 5.24. The zero-order valence-corrected chi connectivity index (χ0v) is 13.7. The first-order valence-electron chi connectivity index (χ1n) is 8.03. The molecule has 0 radical (unpaired) electrons. The summed E-state index contributed by atoms with van der Waals surface area (Å²) in [5.74, 6) is 0.580. The average Bonchev–Trinajstić information content (AvgIpc) is 3.00. The molecule has 3 rings (SSSR count). The largest absolute Gasteiger partial charge is 0.481 e. The van der Waals surface area contributed by atoms with Crippen LogP contribution in [0.15, 0.2) is 36.4 Å². The Labute approximate surface area is 141 Å². The van der Waals surface area contributed by atoms with Gasteiger partial charge in [0.05, 0.1) is 30.1 Å². The van der Waals surface area contributed by atoms with Gasteiger partial charge in [-0.15, -0.1) is 0 Å². The van der Waals surface area contributed by atoms with Gasteiger partial charge in [-0.3, -0.25) is 0 Å². The zero-order valence-electron chi connectivity index (χ0n) is 13.7. The molecular formula is C19H20N4O. The second-order valence-electron chi connectivity index (χ2n) is 5.66. The van der Waals surface area contributed by atoms with Crippen molar-refractivity contribution in [3.05, 3.63) is 47.5 Å². The Kier molecular flexibility index (Phi) is 4.78. The molecular weight excluding hydrogens is 300 g/mol. The van der Waals surface area contributed by atoms with Gasteiger partial charge in [0.1, 0.15) is 0 Å². The first-order valence-corrected chi connectivity index (χ1v) is 8.03. The number of aromatic nitrogens is 2. The van der Waals surface area contributed by atoms with Crippen LogP contribution in [-0.4, -0.2) is 23.6 Å². The number of unbranched alkanes of at least 4 members (excludes halogenated alkanes) is 1. The monoisotopic (exact) mass is 320 g/mol. The van der Waals surface area contributed by atoms with Gasteiger partial charge in [-0.05, 0) is 55.6 Å². The minimum Gasteiger partial charge on any atom is -0.481 e. The number of nitrogens with zero attached hydrogens (tertiary/aromatic N) is 2. The van der Waals surface area contributed by atoms with E-state index < -0.39 is 0 Å². The van der Waals surface area contributed by atoms with Crippen molar-refractivity contribution in [3.63, 3.8) is 0 Å². The van der Waals surface area contributed by atoms with Gasteiger partial charge >= 0.3 is 0 Å². The van der Waals surface area contributed by atoms with E-state index in [1.807, 2.05) is 36.4 Å². The number of pyridine rings is 1. The average molecular weight is 320 g/mol. The molecule has 122 valence electrons. The smallest absolute Gasteiger partial charge is 0.213 e. The molecule has 0 aliphatic rings. The fourth-order valence-corrected chi connectivity index (χ4v) is 2.91. The van der Waals surface area contributed by atoms with Gasteiger partial charge in [0.25, 0.3) is 0 Å². The Bertz CT molecular complexity index is 892. The van der Waals surface area contributed by atoms with E-state index in [1.165, 1.54) is 5.56 Å². The Morgan fingerprint density at radius 1 is 1.25 bits per heavy atom. The molecule has 5 nitrogen and oxygen atoms in total. The minimum absolute atomic E-state index is 0.580. The van der Waals surface area contributed by atoms with E-state index in [0.717, 1.165) is 41.6 Å². The topological polar surface area (TPSA) is 87.7 Å². The first-order chi connectivity index (χ1) is 11.8. The lowest BCUT2D eigenvalue weighted by Gasteiger charge is -2.06. The van der Waals surface area contributed by atoms with Gasteiger partial charge < -0.3 is 15.5 Å². The predicted molar refractivity (Wildman–Crippen MR) is 94.8 cm³/mol. The van der Waals surface area contributed by atoms with Gasteiger partial charge in [0.15, 0.2) is 0 Å². The molecule has 0 saturated heterocycles. The summed E-state index contributed by atoms with van der Waals surface area (Å²) in [5.41, 5.74) is 10.3. The van der Waals surface area contributed by atoms with Crippen molar-refractivity contribution >= 4 is 10.9 Å². The maximum absolute atomic E-state index is 9.19. The van der Waals surface area contributed by atoms with Crippen molar-refractivity contribution in [1.29, 1.82) is 5.26 Å². The number of ether oxygens (including phenoxy) is 1. The summed E-state index contributed by atoms with van der Waals surface area (Å²) in [6.07, 6.45) is 2.85. The summed E-state index contributed by atoms with van der Waals surface area (Å²) in [5, 5.41) is 10.3. The fourth-order valence-electron chi connectivity index (χ4n) is 2.91. The number of aryl methyl sites for hydroxylation is 1. The van der Waals surface area contributed by atoms with Crippen LogP contribution in [0.4, 0.5) is 0 Å². The minimum atomic E-state index is 0.580. The number of hydrogen-bond donors (Lipinski definition) is 2. The van der Waals surface area contributed by atoms with Crippen LogP contribution in [0.25, 0.3) is 22.3 Å². The lowest BCUT2D eigenvalue weighted by Crippen LogP contribution is -1.99. The van der Waals surface area contributed by atoms with E-state index in [-0.39, 0.29) is 0 Å². The predicted octanol–water partition coefficient (Wildman–Crippen LogP) is 3.39. The number of benzene rings is 1. The molecule has 0 fully saturated rings. The van der Waals surface area contributed by atoms with Crippen LogP contribution in [0.3, 0.4) is 0 Å². The summed E-state index contributed by atoms with van der Waals surface area (Å²) in [4.78, 5) is 8.00. The van der Waals surface area contributed by atoms with Gasteiger partial charge in [-0.25, -0.2) is 4.98 Å². The number of nitrogens with one attached hydrogen (secondary N) is 1. The standard InChI is InChI=1S/C19H20N4O/c1-24-18-7-4-6-17(22-18)19-14(5-2-3-10-20)15-11-13(12-21)8-9-16(15)23-19/h4,6-9,11,23H,2-3,5,10,20H2,1H3. The van der Waals surface area contributed by atoms with Crippen molar-refractivity contribution in [2.24, 2.45) is 5.73 Å². The van der Waals surface area contributed by atoms with Gasteiger partial charge in [0, 0.05) is 17.0 Å². The molecule has 5 heteroatoms. The first kappa shape index (κ1) is 16.0. The van der Waals surface area contributed by atoms with E-state index in [1.54, 1.807) is 7.11 Å². The molecule has 0 saturated carbocycles. The van der Waals surface area contributed by atoms with Crippen LogP contribution in [-0.2, 0) is 6.42 Å². The van der Waals surface area contributed by atoms with E-state index in [2.05, 4.69) is 16.0 Å². The van der Waals surface area contributed by atoms with Crippen LogP contribution in [0, 0.1) is 11.3 Å². The lowest BCUT2D eigenvalue weighted by atomic mass is 10.0. The normalized spacial score (nSPS) is 10.7. The third kappa shape index (κ3) is 3.10. The zero-order chi connectivity index (χ0) is 16.9. The van der Waals surface area contributed by atoms with Crippen molar-refractivity contribution in [3.8, 4) is 23.3 Å². The van der Waals surface area contributed by atoms with Gasteiger partial charge in [0.2, 0.25) is 5.88 Å². The lowest BCUT2D eigenvalue weighted by molar-refractivity contribution is 0.398. The SMILES string of the molecule is COc1cccc(-c2[nH]c3ccc(C#N)cc3c2CCCCN)n1. The van der Waals surface area contributed by atoms with Crippen LogP contribution in [0.5, 0.6) is 5.88 Å². The Balaban J connectivity index is 2.14. The maximum Gasteiger partial charge on any atom is 0.213 e. The van der Waals surface area contributed by atoms with Crippen LogP contribution < -0.4 is 10.5 Å². The molecule has 3 N–H and O–H groups in total. The van der Waals surface area contributed by atoms with E-state index >= 15 is 0 Å². The molecule has 0 atom stereocenters. The summed E-state index contributed by atoms with van der Waals surface area (Å²) in [6, 6.07) is 13.6. The summed E-state index contributed by atoms with van der Waals surface area (Å²) in [6.45, 7) is 0.679. The number of aromatic amines is 1. The second-order valence-corrected chi connectivity index (χ2v) is 5.66. The second kappa shape index (κ2) is 7.16. The third-order valence-electron chi connectivity index (χ3n) is 4.10. The molecule has 3 aromatic rings. The maximum atomic E-state index is 9.19. The summed E-state index contributed by atoms with van der Waals surface area (Å²) in [7, 11) is 1.61. The highest BCUT2D eigenvalue weighted by Crippen LogP contribution is 2.32. The Morgan fingerprint density at radius 2 is 2.12 bits per heavy atom. The number of rotatable bonds is 6. The summed E-state index contributed by atoms with van der Waals surface area (Å²) >= 11 is 0. The quantitative estimate of drug-likeness (QED) is 0.681. The molecule has 24 heavy (non-hydrogen) atoms. The van der Waals surface area contributed by atoms with Gasteiger partial charge in [-0.2, -0.15) is 5.26 Å². The highest BCUT2D eigenvalue weighted by molar-refractivity contribution is 5.91. The number of nitriles is 1. The van der Waals surface area contributed by atoms with Crippen molar-refractivity contribution in [1.82, 2.24) is 9.97 Å². The molecule has 1 aromatic carbocycles. The fraction of sp³-hybridized carbons (Fsp3) is 0.263. The van der Waals surface area contributed by atoms with Crippen molar-refractivity contribution in [2.75, 3.05) is 13.7 Å². The van der Waals surface area contributed by atoms with Crippen LogP contribution >= 0.6 is 0 Å². The Morgan fingerprint density at radius 3 is 2.88 bits per heavy atom. The highest BCUT2D eigenvalue weighted by Gasteiger charge is 2.15. The third-order valence-corrected chi connectivity index (χ3v) is 4.10. The molecule has 0 amide bonds. The molecule has 2 heterocycles. The molecule has 2 aromatic heterocycles. The Hall–Kier alpha value is -2.84. The number of H-pyrrole nitrogens is 1. The number of fused-ring (bicyclic) bond motifs is 1.